The number of hydrogen-bond donors (Lipinski definition) is 3. The molecule has 1 aromatic carbocycles. The van der Waals surface area contributed by atoms with E-state index in [0.29, 0.717) is 23.5 Å². The van der Waals surface area contributed by atoms with Gasteiger partial charge in [-0.2, -0.15) is 11.8 Å². The third-order valence-corrected chi connectivity index (χ3v) is 3.39. The smallest absolute Gasteiger partial charge is 0.241 e. The average Bonchev–Trinajstić information content (AvgIpc) is 2.44. The number of nitrogens with one attached hydrogen (secondary N) is 2. The van der Waals surface area contributed by atoms with E-state index in [4.69, 9.17) is 10.5 Å². The fourth-order valence-electron chi connectivity index (χ4n) is 1.69. The normalized spacial score (nSPS) is 11.6. The zero-order valence-electron chi connectivity index (χ0n) is 12.4. The molecule has 0 radical (unpaired) electrons. The molecule has 0 aromatic heterocycles. The van der Waals surface area contributed by atoms with Crippen molar-refractivity contribution in [2.75, 3.05) is 29.8 Å². The Balaban J connectivity index is 2.84. The van der Waals surface area contributed by atoms with Crippen LogP contribution in [-0.2, 0) is 9.59 Å². The molecule has 1 atom stereocenters. The number of ether oxygens (including phenoxy) is 1. The minimum Gasteiger partial charge on any atom is -0.495 e. The van der Waals surface area contributed by atoms with E-state index in [9.17, 15) is 9.59 Å². The quantitative estimate of drug-likeness (QED) is 0.712. The van der Waals surface area contributed by atoms with E-state index < -0.39 is 6.04 Å². The molecule has 0 aliphatic heterocycles. The van der Waals surface area contributed by atoms with Crippen molar-refractivity contribution >= 4 is 35.0 Å². The van der Waals surface area contributed by atoms with Crippen LogP contribution in [0.3, 0.4) is 0 Å². The molecule has 0 saturated heterocycles. The van der Waals surface area contributed by atoms with Gasteiger partial charge in [0.25, 0.3) is 0 Å². The molecule has 0 saturated carbocycles. The number of carbonyl (C=O) groups excluding carboxylic acids is 2. The van der Waals surface area contributed by atoms with Crippen LogP contribution in [0.15, 0.2) is 18.2 Å². The first kappa shape index (κ1) is 17.3. The van der Waals surface area contributed by atoms with Gasteiger partial charge in [0.15, 0.2) is 0 Å². The van der Waals surface area contributed by atoms with E-state index in [1.165, 1.54) is 14.0 Å². The van der Waals surface area contributed by atoms with Crippen LogP contribution < -0.4 is 21.1 Å². The first-order chi connectivity index (χ1) is 9.97. The van der Waals surface area contributed by atoms with Gasteiger partial charge >= 0.3 is 0 Å². The topological polar surface area (TPSA) is 93.5 Å². The Bertz CT molecular complexity index is 508. The molecule has 0 unspecified atom stereocenters. The summed E-state index contributed by atoms with van der Waals surface area (Å²) in [7, 11) is 1.51. The lowest BCUT2D eigenvalue weighted by Gasteiger charge is -2.15. The molecule has 0 fully saturated rings. The zero-order valence-corrected chi connectivity index (χ0v) is 13.3. The Morgan fingerprint density at radius 1 is 1.38 bits per heavy atom. The van der Waals surface area contributed by atoms with Crippen LogP contribution in [0.2, 0.25) is 0 Å². The van der Waals surface area contributed by atoms with E-state index in [2.05, 4.69) is 10.6 Å². The number of carbonyl (C=O) groups is 2. The van der Waals surface area contributed by atoms with Gasteiger partial charge in [-0.25, -0.2) is 0 Å². The third kappa shape index (κ3) is 5.65. The summed E-state index contributed by atoms with van der Waals surface area (Å²) in [6, 6.07) is 4.43. The third-order valence-electron chi connectivity index (χ3n) is 2.75. The van der Waals surface area contributed by atoms with Gasteiger partial charge in [-0.15, -0.1) is 0 Å². The maximum atomic E-state index is 12.0. The number of nitrogens with two attached hydrogens (primary N) is 1. The molecule has 116 valence electrons. The number of rotatable bonds is 7. The lowest BCUT2D eigenvalue weighted by molar-refractivity contribution is -0.117. The van der Waals surface area contributed by atoms with Gasteiger partial charge in [0.1, 0.15) is 5.75 Å². The van der Waals surface area contributed by atoms with Crippen molar-refractivity contribution in [1.82, 2.24) is 0 Å². The first-order valence-corrected chi connectivity index (χ1v) is 7.88. The van der Waals surface area contributed by atoms with Crippen LogP contribution in [0, 0.1) is 0 Å². The van der Waals surface area contributed by atoms with E-state index in [1.807, 2.05) is 6.26 Å². The Hall–Kier alpha value is -1.73. The van der Waals surface area contributed by atoms with Crippen molar-refractivity contribution in [3.05, 3.63) is 18.2 Å². The average molecular weight is 311 g/mol. The van der Waals surface area contributed by atoms with Crippen LogP contribution in [0.4, 0.5) is 11.4 Å². The molecule has 0 aliphatic carbocycles. The Labute approximate surface area is 128 Å². The summed E-state index contributed by atoms with van der Waals surface area (Å²) in [5.74, 6) is 0.864. The number of anilines is 2. The van der Waals surface area contributed by atoms with Crippen molar-refractivity contribution in [2.24, 2.45) is 5.73 Å². The molecule has 0 heterocycles. The largest absolute Gasteiger partial charge is 0.495 e. The van der Waals surface area contributed by atoms with Gasteiger partial charge in [-0.05, 0) is 36.6 Å². The van der Waals surface area contributed by atoms with E-state index in [-0.39, 0.29) is 11.8 Å². The van der Waals surface area contributed by atoms with Crippen molar-refractivity contribution in [3.8, 4) is 5.75 Å². The van der Waals surface area contributed by atoms with Gasteiger partial charge in [0, 0.05) is 12.6 Å². The molecule has 6 nitrogen and oxygen atoms in total. The van der Waals surface area contributed by atoms with Crippen LogP contribution in [0.25, 0.3) is 0 Å². The summed E-state index contributed by atoms with van der Waals surface area (Å²) in [4.78, 5) is 23.1. The van der Waals surface area contributed by atoms with Gasteiger partial charge in [-0.1, -0.05) is 0 Å². The van der Waals surface area contributed by atoms with Gasteiger partial charge in [0.2, 0.25) is 11.8 Å². The molecular weight excluding hydrogens is 290 g/mol. The molecule has 21 heavy (non-hydrogen) atoms. The molecule has 1 rings (SSSR count). The standard InChI is InChI=1S/C14H21N3O3S/c1-9(18)16-10-4-5-13(20-2)12(8-10)17-14(19)11(15)6-7-21-3/h4-5,8,11H,6-7,15H2,1-3H3,(H,16,18)(H,17,19)/t11-/m0/s1. The van der Waals surface area contributed by atoms with Crippen molar-refractivity contribution in [3.63, 3.8) is 0 Å². The summed E-state index contributed by atoms with van der Waals surface area (Å²) >= 11 is 1.64. The van der Waals surface area contributed by atoms with E-state index >= 15 is 0 Å². The Morgan fingerprint density at radius 2 is 2.10 bits per heavy atom. The molecule has 0 bridgehead atoms. The zero-order chi connectivity index (χ0) is 15.8. The second kappa shape index (κ2) is 8.53. The fourth-order valence-corrected chi connectivity index (χ4v) is 2.18. The highest BCUT2D eigenvalue weighted by molar-refractivity contribution is 7.98. The molecule has 7 heteroatoms. The molecular formula is C14H21N3O3S. The minimum absolute atomic E-state index is 0.186. The van der Waals surface area contributed by atoms with Crippen molar-refractivity contribution < 1.29 is 14.3 Å². The number of thioether (sulfide) groups is 1. The number of hydrogen-bond acceptors (Lipinski definition) is 5. The molecule has 2 amide bonds. The van der Waals surface area contributed by atoms with E-state index in [1.54, 1.807) is 30.0 Å². The monoisotopic (exact) mass is 311 g/mol. The van der Waals surface area contributed by atoms with Crippen LogP contribution in [0.1, 0.15) is 13.3 Å². The minimum atomic E-state index is -0.577. The Morgan fingerprint density at radius 3 is 2.67 bits per heavy atom. The maximum Gasteiger partial charge on any atom is 0.241 e. The molecule has 0 spiro atoms. The second-order valence-electron chi connectivity index (χ2n) is 4.47. The van der Waals surface area contributed by atoms with Crippen molar-refractivity contribution in [2.45, 2.75) is 19.4 Å². The summed E-state index contributed by atoms with van der Waals surface area (Å²) in [5.41, 5.74) is 6.89. The fraction of sp³-hybridized carbons (Fsp3) is 0.429. The second-order valence-corrected chi connectivity index (χ2v) is 5.46. The summed E-state index contributed by atoms with van der Waals surface area (Å²) in [6.45, 7) is 1.42. The predicted octanol–water partition coefficient (Wildman–Crippen LogP) is 1.67. The molecule has 0 aliphatic rings. The first-order valence-electron chi connectivity index (χ1n) is 6.49. The highest BCUT2D eigenvalue weighted by Gasteiger charge is 2.15. The number of benzene rings is 1. The number of methoxy groups -OCH3 is 1. The Kier molecular flexibility index (Phi) is 7.04. The SMILES string of the molecule is COc1ccc(NC(C)=O)cc1NC(=O)[C@@H](N)CCSC. The molecule has 1 aromatic rings. The maximum absolute atomic E-state index is 12.0. The lowest BCUT2D eigenvalue weighted by Crippen LogP contribution is -2.36. The van der Waals surface area contributed by atoms with Gasteiger partial charge in [-0.3, -0.25) is 9.59 Å². The van der Waals surface area contributed by atoms with Gasteiger partial charge < -0.3 is 21.1 Å². The van der Waals surface area contributed by atoms with Gasteiger partial charge in [0.05, 0.1) is 18.8 Å². The van der Waals surface area contributed by atoms with Crippen molar-refractivity contribution in [1.29, 1.82) is 0 Å². The van der Waals surface area contributed by atoms with Crippen LogP contribution in [-0.4, -0.2) is 37.0 Å². The highest BCUT2D eigenvalue weighted by Crippen LogP contribution is 2.28. The summed E-state index contributed by atoms with van der Waals surface area (Å²) in [6.07, 6.45) is 2.56. The lowest BCUT2D eigenvalue weighted by atomic mass is 10.2. The van der Waals surface area contributed by atoms with Crippen LogP contribution >= 0.6 is 11.8 Å². The summed E-state index contributed by atoms with van der Waals surface area (Å²) in [5, 5.41) is 5.39. The van der Waals surface area contributed by atoms with Crippen LogP contribution in [0.5, 0.6) is 5.75 Å². The predicted molar refractivity (Wildman–Crippen MR) is 86.9 cm³/mol. The van der Waals surface area contributed by atoms with E-state index in [0.717, 1.165) is 5.75 Å². The number of amides is 2. The highest BCUT2D eigenvalue weighted by atomic mass is 32.2. The molecule has 4 N–H and O–H groups in total. The summed E-state index contributed by atoms with van der Waals surface area (Å²) < 4.78 is 5.19.